The van der Waals surface area contributed by atoms with Crippen molar-refractivity contribution in [3.8, 4) is 0 Å². The fourth-order valence-corrected chi connectivity index (χ4v) is 3.57. The number of rotatable bonds is 6. The van der Waals surface area contributed by atoms with E-state index >= 15 is 0 Å². The summed E-state index contributed by atoms with van der Waals surface area (Å²) in [5.41, 5.74) is 2.09. The number of benzene rings is 2. The highest BCUT2D eigenvalue weighted by Gasteiger charge is 2.30. The maximum atomic E-state index is 12.8. The van der Waals surface area contributed by atoms with Crippen molar-refractivity contribution in [2.75, 3.05) is 25.0 Å². The lowest BCUT2D eigenvalue weighted by Crippen LogP contribution is -2.45. The number of carbonyl (C=O) groups excluding carboxylic acids is 1. The van der Waals surface area contributed by atoms with Crippen LogP contribution >= 0.6 is 0 Å². The number of hydrogen-bond donors (Lipinski definition) is 2. The third-order valence-electron chi connectivity index (χ3n) is 5.08. The number of alkyl halides is 3. The highest BCUT2D eigenvalue weighted by Crippen LogP contribution is 2.30. The van der Waals surface area contributed by atoms with Crippen molar-refractivity contribution in [3.05, 3.63) is 65.2 Å². The van der Waals surface area contributed by atoms with Gasteiger partial charge < -0.3 is 10.6 Å². The number of likely N-dealkylation sites (tertiary alicyclic amines) is 1. The summed E-state index contributed by atoms with van der Waals surface area (Å²) in [6.07, 6.45) is -2.67. The zero-order valence-electron chi connectivity index (χ0n) is 16.4. The molecule has 0 bridgehead atoms. The lowest BCUT2D eigenvalue weighted by atomic mass is 10.0. The number of anilines is 1. The molecule has 2 N–H and O–H groups in total. The van der Waals surface area contributed by atoms with Gasteiger partial charge in [-0.15, -0.1) is 0 Å². The molecule has 2 aromatic rings. The van der Waals surface area contributed by atoms with Crippen LogP contribution in [0.25, 0.3) is 0 Å². The summed E-state index contributed by atoms with van der Waals surface area (Å²) in [4.78, 5) is 14.5. The van der Waals surface area contributed by atoms with Gasteiger partial charge in [-0.25, -0.2) is 0 Å². The number of amides is 1. The molecule has 0 radical (unpaired) electrons. The van der Waals surface area contributed by atoms with Crippen LogP contribution in [-0.2, 0) is 17.5 Å². The van der Waals surface area contributed by atoms with Crippen LogP contribution in [0, 0.1) is 6.92 Å². The predicted octanol–water partition coefficient (Wildman–Crippen LogP) is 4.21. The number of halogens is 3. The van der Waals surface area contributed by atoms with E-state index in [0.29, 0.717) is 0 Å². The zero-order valence-corrected chi connectivity index (χ0v) is 16.4. The number of nitrogens with zero attached hydrogens (tertiary/aromatic N) is 1. The van der Waals surface area contributed by atoms with Gasteiger partial charge in [0.1, 0.15) is 0 Å². The molecule has 3 rings (SSSR count). The predicted molar refractivity (Wildman–Crippen MR) is 108 cm³/mol. The smallest absolute Gasteiger partial charge is 0.376 e. The molecular weight excluding hydrogens is 379 g/mol. The van der Waals surface area contributed by atoms with Gasteiger partial charge in [-0.3, -0.25) is 9.69 Å². The molecule has 2 aromatic carbocycles. The first-order chi connectivity index (χ1) is 13.8. The summed E-state index contributed by atoms with van der Waals surface area (Å²) < 4.78 is 38.3. The molecule has 1 heterocycles. The molecule has 1 fully saturated rings. The van der Waals surface area contributed by atoms with E-state index in [9.17, 15) is 18.0 Å². The maximum Gasteiger partial charge on any atom is 0.416 e. The lowest BCUT2D eigenvalue weighted by molar-refractivity contribution is -0.137. The molecule has 0 unspecified atom stereocenters. The molecule has 0 aromatic heterocycles. The SMILES string of the molecule is Cc1cccc(CN2CCC(NC(=O)CNc3cccc(C(F)(F)F)c3)CC2)c1. The maximum absolute atomic E-state index is 12.8. The molecule has 0 spiro atoms. The molecule has 0 aliphatic carbocycles. The zero-order chi connectivity index (χ0) is 20.9. The molecule has 4 nitrogen and oxygen atoms in total. The van der Waals surface area contributed by atoms with E-state index in [1.807, 2.05) is 0 Å². The second-order valence-electron chi connectivity index (χ2n) is 7.54. The van der Waals surface area contributed by atoms with Gasteiger partial charge in [-0.2, -0.15) is 13.2 Å². The second kappa shape index (κ2) is 9.31. The van der Waals surface area contributed by atoms with Gasteiger partial charge >= 0.3 is 6.18 Å². The Labute approximate surface area is 169 Å². The summed E-state index contributed by atoms with van der Waals surface area (Å²) in [5, 5.41) is 5.75. The Bertz CT molecular complexity index is 830. The van der Waals surface area contributed by atoms with Gasteiger partial charge in [0.15, 0.2) is 0 Å². The van der Waals surface area contributed by atoms with Crippen LogP contribution in [-0.4, -0.2) is 36.5 Å². The molecule has 1 amide bonds. The minimum Gasteiger partial charge on any atom is -0.376 e. The van der Waals surface area contributed by atoms with Crippen LogP contribution in [0.15, 0.2) is 48.5 Å². The summed E-state index contributed by atoms with van der Waals surface area (Å²) in [7, 11) is 0. The third-order valence-corrected chi connectivity index (χ3v) is 5.08. The second-order valence-corrected chi connectivity index (χ2v) is 7.54. The number of hydrogen-bond acceptors (Lipinski definition) is 3. The minimum absolute atomic E-state index is 0.0508. The number of piperidine rings is 1. The van der Waals surface area contributed by atoms with Gasteiger partial charge in [0, 0.05) is 31.4 Å². The highest BCUT2D eigenvalue weighted by molar-refractivity contribution is 5.81. The van der Waals surface area contributed by atoms with Crippen LogP contribution in [0.4, 0.5) is 18.9 Å². The molecule has 7 heteroatoms. The van der Waals surface area contributed by atoms with Crippen LogP contribution in [0.5, 0.6) is 0 Å². The summed E-state index contributed by atoms with van der Waals surface area (Å²) in [5.74, 6) is -0.209. The van der Waals surface area contributed by atoms with E-state index in [-0.39, 0.29) is 24.2 Å². The van der Waals surface area contributed by atoms with Crippen LogP contribution in [0.1, 0.15) is 29.5 Å². The van der Waals surface area contributed by atoms with E-state index in [1.165, 1.54) is 23.3 Å². The van der Waals surface area contributed by atoms with Crippen molar-refractivity contribution in [1.29, 1.82) is 0 Å². The quantitative estimate of drug-likeness (QED) is 0.757. The number of nitrogens with one attached hydrogen (secondary N) is 2. The van der Waals surface area contributed by atoms with Crippen molar-refractivity contribution in [3.63, 3.8) is 0 Å². The summed E-state index contributed by atoms with van der Waals surface area (Å²) in [6, 6.07) is 13.4. The fraction of sp³-hybridized carbons (Fsp3) is 0.409. The van der Waals surface area contributed by atoms with Gasteiger partial charge in [0.05, 0.1) is 12.1 Å². The van der Waals surface area contributed by atoms with E-state index in [2.05, 4.69) is 46.7 Å². The average Bonchev–Trinajstić information content (AvgIpc) is 2.68. The molecule has 0 saturated carbocycles. The Morgan fingerprint density at radius 2 is 1.83 bits per heavy atom. The van der Waals surface area contributed by atoms with Crippen LogP contribution in [0.2, 0.25) is 0 Å². The van der Waals surface area contributed by atoms with Crippen molar-refractivity contribution in [2.45, 2.75) is 38.5 Å². The van der Waals surface area contributed by atoms with E-state index in [4.69, 9.17) is 0 Å². The Hall–Kier alpha value is -2.54. The fourth-order valence-electron chi connectivity index (χ4n) is 3.57. The van der Waals surface area contributed by atoms with Gasteiger partial charge in [0.2, 0.25) is 5.91 Å². The largest absolute Gasteiger partial charge is 0.416 e. The molecule has 1 aliphatic heterocycles. The normalized spacial score (nSPS) is 15.9. The molecule has 1 saturated heterocycles. The standard InChI is InChI=1S/C22H26F3N3O/c1-16-4-2-5-17(12-16)15-28-10-8-19(9-11-28)27-21(29)14-26-20-7-3-6-18(13-20)22(23,24)25/h2-7,12-13,19,26H,8-11,14-15H2,1H3,(H,27,29). The van der Waals surface area contributed by atoms with Crippen LogP contribution < -0.4 is 10.6 Å². The Morgan fingerprint density at radius 3 is 2.52 bits per heavy atom. The lowest BCUT2D eigenvalue weighted by Gasteiger charge is -2.32. The Kier molecular flexibility index (Phi) is 6.79. The van der Waals surface area contributed by atoms with E-state index in [1.54, 1.807) is 0 Å². The van der Waals surface area contributed by atoms with Gasteiger partial charge in [0.25, 0.3) is 0 Å². The van der Waals surface area contributed by atoms with Gasteiger partial charge in [-0.05, 0) is 43.5 Å². The van der Waals surface area contributed by atoms with Crippen molar-refractivity contribution in [2.24, 2.45) is 0 Å². The molecular formula is C22H26F3N3O. The van der Waals surface area contributed by atoms with Crippen molar-refractivity contribution in [1.82, 2.24) is 10.2 Å². The first-order valence-electron chi connectivity index (χ1n) is 9.78. The van der Waals surface area contributed by atoms with Crippen molar-refractivity contribution < 1.29 is 18.0 Å². The van der Waals surface area contributed by atoms with E-state index < -0.39 is 11.7 Å². The first-order valence-corrected chi connectivity index (χ1v) is 9.78. The minimum atomic E-state index is -4.40. The molecule has 156 valence electrons. The average molecular weight is 405 g/mol. The highest BCUT2D eigenvalue weighted by atomic mass is 19.4. The summed E-state index contributed by atoms with van der Waals surface area (Å²) in [6.45, 7) is 4.74. The first kappa shape index (κ1) is 21.2. The Balaban J connectivity index is 1.41. The van der Waals surface area contributed by atoms with E-state index in [0.717, 1.165) is 44.6 Å². The molecule has 1 aliphatic rings. The molecule has 29 heavy (non-hydrogen) atoms. The van der Waals surface area contributed by atoms with Crippen molar-refractivity contribution >= 4 is 11.6 Å². The number of carbonyl (C=O) groups is 1. The molecule has 0 atom stereocenters. The monoisotopic (exact) mass is 405 g/mol. The topological polar surface area (TPSA) is 44.4 Å². The number of aryl methyl sites for hydroxylation is 1. The third kappa shape index (κ3) is 6.49. The van der Waals surface area contributed by atoms with Crippen LogP contribution in [0.3, 0.4) is 0 Å². The Morgan fingerprint density at radius 1 is 1.10 bits per heavy atom. The summed E-state index contributed by atoms with van der Waals surface area (Å²) >= 11 is 0. The van der Waals surface area contributed by atoms with Gasteiger partial charge in [-0.1, -0.05) is 35.9 Å².